The second-order valence-corrected chi connectivity index (χ2v) is 7.62. The van der Waals surface area contributed by atoms with Gasteiger partial charge in [-0.05, 0) is 37.0 Å². The molecule has 0 atom stereocenters. The maximum atomic E-state index is 14.0. The Bertz CT molecular complexity index is 719. The van der Waals surface area contributed by atoms with Crippen molar-refractivity contribution in [2.24, 2.45) is 0 Å². The Kier molecular flexibility index (Phi) is 4.46. The number of halogens is 1. The van der Waals surface area contributed by atoms with E-state index >= 15 is 0 Å². The van der Waals surface area contributed by atoms with Crippen molar-refractivity contribution in [3.63, 3.8) is 0 Å². The molecule has 1 fully saturated rings. The Labute approximate surface area is 149 Å². The highest BCUT2D eigenvalue weighted by Crippen LogP contribution is 2.29. The molecule has 1 aromatic heterocycles. The Morgan fingerprint density at radius 3 is 2.56 bits per heavy atom. The zero-order chi connectivity index (χ0) is 17.3. The summed E-state index contributed by atoms with van der Waals surface area (Å²) in [7, 11) is 0. The minimum Gasteiger partial charge on any atom is -0.356 e. The molecule has 0 N–H and O–H groups in total. The van der Waals surface area contributed by atoms with Crippen molar-refractivity contribution in [2.75, 3.05) is 24.5 Å². The highest BCUT2D eigenvalue weighted by molar-refractivity contribution is 5.43. The van der Waals surface area contributed by atoms with Crippen LogP contribution < -0.4 is 4.90 Å². The zero-order valence-electron chi connectivity index (χ0n) is 14.9. The van der Waals surface area contributed by atoms with E-state index in [0.29, 0.717) is 12.8 Å². The van der Waals surface area contributed by atoms with Crippen LogP contribution in [0.25, 0.3) is 0 Å². The molecule has 2 aliphatic rings. The molecule has 0 aliphatic carbocycles. The summed E-state index contributed by atoms with van der Waals surface area (Å²) < 4.78 is 14.0. The van der Waals surface area contributed by atoms with Gasteiger partial charge in [-0.15, -0.1) is 0 Å². The molecule has 1 aromatic carbocycles. The normalized spacial score (nSPS) is 20.3. The van der Waals surface area contributed by atoms with Crippen molar-refractivity contribution in [1.29, 1.82) is 0 Å². The number of hydrogen-bond donors (Lipinski definition) is 0. The lowest BCUT2D eigenvalue weighted by molar-refractivity contribution is 0.149. The second-order valence-electron chi connectivity index (χ2n) is 7.62. The monoisotopic (exact) mass is 339 g/mol. The summed E-state index contributed by atoms with van der Waals surface area (Å²) in [4.78, 5) is 9.62. The average Bonchev–Trinajstić information content (AvgIpc) is 2.62. The van der Waals surface area contributed by atoms with E-state index in [1.165, 1.54) is 16.8 Å². The van der Waals surface area contributed by atoms with E-state index in [4.69, 9.17) is 4.98 Å². The molecular weight excluding hydrogens is 313 g/mol. The van der Waals surface area contributed by atoms with Gasteiger partial charge in [-0.3, -0.25) is 4.90 Å². The summed E-state index contributed by atoms with van der Waals surface area (Å²) in [5, 5.41) is 0. The summed E-state index contributed by atoms with van der Waals surface area (Å²) in [6.45, 7) is 6.23. The summed E-state index contributed by atoms with van der Waals surface area (Å²) in [6, 6.07) is 15.0. The van der Waals surface area contributed by atoms with Crippen molar-refractivity contribution >= 4 is 5.82 Å². The summed E-state index contributed by atoms with van der Waals surface area (Å²) >= 11 is 0. The molecule has 4 heteroatoms. The third-order valence-electron chi connectivity index (χ3n) is 5.49. The fraction of sp³-hybridized carbons (Fsp3) is 0.476. The molecule has 132 valence electrons. The lowest BCUT2D eigenvalue weighted by Crippen LogP contribution is -2.40. The molecule has 2 aromatic rings. The van der Waals surface area contributed by atoms with Gasteiger partial charge >= 0.3 is 0 Å². The van der Waals surface area contributed by atoms with Crippen LogP contribution in [0.4, 0.5) is 10.2 Å². The highest BCUT2D eigenvalue weighted by atomic mass is 19.1. The third kappa shape index (κ3) is 3.84. The predicted octanol–water partition coefficient (Wildman–Crippen LogP) is 3.97. The Morgan fingerprint density at radius 2 is 1.80 bits per heavy atom. The number of piperidine rings is 1. The van der Waals surface area contributed by atoms with Gasteiger partial charge in [0.05, 0.1) is 0 Å². The van der Waals surface area contributed by atoms with Crippen molar-refractivity contribution in [1.82, 2.24) is 9.88 Å². The van der Waals surface area contributed by atoms with Gasteiger partial charge < -0.3 is 4.90 Å². The van der Waals surface area contributed by atoms with E-state index in [0.717, 1.165) is 45.0 Å². The topological polar surface area (TPSA) is 19.4 Å². The first-order valence-corrected chi connectivity index (χ1v) is 9.28. The molecule has 0 radical (unpaired) electrons. The van der Waals surface area contributed by atoms with Crippen LogP contribution in [0.1, 0.15) is 36.6 Å². The Hall–Kier alpha value is -1.94. The molecule has 0 bridgehead atoms. The minimum absolute atomic E-state index is 0.594. The van der Waals surface area contributed by atoms with Gasteiger partial charge in [-0.1, -0.05) is 36.4 Å². The van der Waals surface area contributed by atoms with Crippen LogP contribution in [0.5, 0.6) is 0 Å². The van der Waals surface area contributed by atoms with E-state index < -0.39 is 5.67 Å². The Balaban J connectivity index is 1.43. The zero-order valence-corrected chi connectivity index (χ0v) is 14.9. The first-order valence-electron chi connectivity index (χ1n) is 9.28. The van der Waals surface area contributed by atoms with Crippen LogP contribution in [0.15, 0.2) is 42.5 Å². The van der Waals surface area contributed by atoms with Crippen LogP contribution in [-0.2, 0) is 19.5 Å². The van der Waals surface area contributed by atoms with Gasteiger partial charge in [0.1, 0.15) is 11.5 Å². The van der Waals surface area contributed by atoms with Crippen molar-refractivity contribution in [3.8, 4) is 0 Å². The number of rotatable bonds is 3. The lowest BCUT2D eigenvalue weighted by atomic mass is 9.95. The van der Waals surface area contributed by atoms with Gasteiger partial charge in [0, 0.05) is 44.8 Å². The van der Waals surface area contributed by atoms with E-state index in [9.17, 15) is 4.39 Å². The molecule has 4 rings (SSSR count). The quantitative estimate of drug-likeness (QED) is 0.843. The van der Waals surface area contributed by atoms with Crippen molar-refractivity contribution in [3.05, 3.63) is 59.3 Å². The number of alkyl halides is 1. The van der Waals surface area contributed by atoms with E-state index in [2.05, 4.69) is 52.3 Å². The molecule has 25 heavy (non-hydrogen) atoms. The highest BCUT2D eigenvalue weighted by Gasteiger charge is 2.30. The molecular formula is C21H26FN3. The minimum atomic E-state index is -1.01. The van der Waals surface area contributed by atoms with Crippen LogP contribution in [-0.4, -0.2) is 35.2 Å². The number of anilines is 1. The third-order valence-corrected chi connectivity index (χ3v) is 5.49. The summed E-state index contributed by atoms with van der Waals surface area (Å²) in [5.41, 5.74) is 2.90. The number of nitrogens with zero attached hydrogens (tertiary/aromatic N) is 3. The SMILES string of the molecule is CC1(F)CCN(c2ccc3c(n2)CCN(Cc2ccccc2)C3)CC1. The van der Waals surface area contributed by atoms with Crippen LogP contribution >= 0.6 is 0 Å². The van der Waals surface area contributed by atoms with E-state index in [-0.39, 0.29) is 0 Å². The van der Waals surface area contributed by atoms with Gasteiger partial charge in [0.25, 0.3) is 0 Å². The molecule has 2 aliphatic heterocycles. The smallest absolute Gasteiger partial charge is 0.128 e. The molecule has 0 spiro atoms. The van der Waals surface area contributed by atoms with Gasteiger partial charge in [0.15, 0.2) is 0 Å². The van der Waals surface area contributed by atoms with Crippen molar-refractivity contribution in [2.45, 2.75) is 44.9 Å². The number of pyridine rings is 1. The lowest BCUT2D eigenvalue weighted by Gasteiger charge is -2.35. The van der Waals surface area contributed by atoms with Gasteiger partial charge in [0.2, 0.25) is 0 Å². The molecule has 0 saturated carbocycles. The standard InChI is InChI=1S/C21H26FN3/c1-21(22)10-13-25(14-11-21)20-8-7-18-16-24(12-9-19(18)23-20)15-17-5-3-2-4-6-17/h2-8H,9-16H2,1H3. The maximum Gasteiger partial charge on any atom is 0.128 e. The number of hydrogen-bond acceptors (Lipinski definition) is 3. The predicted molar refractivity (Wildman–Crippen MR) is 99.5 cm³/mol. The van der Waals surface area contributed by atoms with E-state index in [1.807, 2.05) is 0 Å². The van der Waals surface area contributed by atoms with E-state index in [1.54, 1.807) is 6.92 Å². The fourth-order valence-electron chi connectivity index (χ4n) is 3.82. The van der Waals surface area contributed by atoms with Crippen LogP contribution in [0.3, 0.4) is 0 Å². The van der Waals surface area contributed by atoms with Crippen LogP contribution in [0, 0.1) is 0 Å². The first kappa shape index (κ1) is 16.5. The summed E-state index contributed by atoms with van der Waals surface area (Å²) in [6.07, 6.45) is 2.18. The average molecular weight is 339 g/mol. The fourth-order valence-corrected chi connectivity index (χ4v) is 3.82. The maximum absolute atomic E-state index is 14.0. The number of fused-ring (bicyclic) bond motifs is 1. The number of benzene rings is 1. The molecule has 1 saturated heterocycles. The van der Waals surface area contributed by atoms with Crippen LogP contribution in [0.2, 0.25) is 0 Å². The second kappa shape index (κ2) is 6.75. The van der Waals surface area contributed by atoms with Gasteiger partial charge in [-0.25, -0.2) is 9.37 Å². The van der Waals surface area contributed by atoms with Gasteiger partial charge in [-0.2, -0.15) is 0 Å². The molecule has 0 unspecified atom stereocenters. The first-order chi connectivity index (χ1) is 12.1. The molecule has 3 heterocycles. The number of aromatic nitrogens is 1. The van der Waals surface area contributed by atoms with Crippen molar-refractivity contribution < 1.29 is 4.39 Å². The molecule has 0 amide bonds. The molecule has 3 nitrogen and oxygen atoms in total. The summed E-state index contributed by atoms with van der Waals surface area (Å²) in [5.74, 6) is 1.02. The largest absolute Gasteiger partial charge is 0.356 e. The Morgan fingerprint density at radius 1 is 1.04 bits per heavy atom.